The van der Waals surface area contributed by atoms with Crippen LogP contribution in [0.3, 0.4) is 0 Å². The molecule has 27 heavy (non-hydrogen) atoms. The second kappa shape index (κ2) is 8.99. The summed E-state index contributed by atoms with van der Waals surface area (Å²) in [5.74, 6) is -1.16. The van der Waals surface area contributed by atoms with Crippen molar-refractivity contribution in [2.24, 2.45) is 14.1 Å². The molecule has 0 unspecified atom stereocenters. The predicted molar refractivity (Wildman–Crippen MR) is 102 cm³/mol. The van der Waals surface area contributed by atoms with Gasteiger partial charge in [-0.25, -0.2) is 9.48 Å². The van der Waals surface area contributed by atoms with E-state index in [0.717, 1.165) is 32.1 Å². The second-order valence-electron chi connectivity index (χ2n) is 5.59. The van der Waals surface area contributed by atoms with Crippen molar-refractivity contribution in [3.05, 3.63) is 62.3 Å². The zero-order chi connectivity index (χ0) is 20.0. The molecule has 1 aromatic heterocycles. The van der Waals surface area contributed by atoms with Crippen LogP contribution in [0.1, 0.15) is 11.1 Å². The van der Waals surface area contributed by atoms with E-state index in [1.54, 1.807) is 6.08 Å². The molecule has 9 nitrogen and oxygen atoms in total. The lowest BCUT2D eigenvalue weighted by molar-refractivity contribution is -0.125. The Labute approximate surface area is 159 Å². The lowest BCUT2D eigenvalue weighted by atomic mass is 10.1. The van der Waals surface area contributed by atoms with Crippen LogP contribution in [0.5, 0.6) is 0 Å². The van der Waals surface area contributed by atoms with Gasteiger partial charge in [0.05, 0.1) is 5.75 Å². The average Bonchev–Trinajstić information content (AvgIpc) is 2.65. The minimum Gasteiger partial charge on any atom is -0.272 e. The van der Waals surface area contributed by atoms with Crippen LogP contribution in [0, 0.1) is 6.92 Å². The molecule has 142 valence electrons. The van der Waals surface area contributed by atoms with Gasteiger partial charge in [0.25, 0.3) is 11.5 Å². The Morgan fingerprint density at radius 2 is 1.89 bits per heavy atom. The smallest absolute Gasteiger partial charge is 0.272 e. The number of carbonyl (C=O) groups excluding carboxylic acids is 2. The Balaban J connectivity index is 1.86. The maximum atomic E-state index is 11.9. The number of aryl methyl sites for hydroxylation is 2. The summed E-state index contributed by atoms with van der Waals surface area (Å²) in [5, 5.41) is 3.84. The SMILES string of the molecule is Cc1ccccc1/C=C/C(=O)NNC(=O)CSc1nn(C)c(=O)n(C)c1=O. The molecule has 0 aliphatic heterocycles. The summed E-state index contributed by atoms with van der Waals surface area (Å²) in [7, 11) is 2.74. The molecule has 2 aromatic rings. The summed E-state index contributed by atoms with van der Waals surface area (Å²) in [4.78, 5) is 47.1. The highest BCUT2D eigenvalue weighted by Gasteiger charge is 2.11. The van der Waals surface area contributed by atoms with Gasteiger partial charge in [0.2, 0.25) is 5.91 Å². The second-order valence-corrected chi connectivity index (χ2v) is 6.56. The maximum Gasteiger partial charge on any atom is 0.346 e. The van der Waals surface area contributed by atoms with Crippen molar-refractivity contribution in [2.75, 3.05) is 5.75 Å². The van der Waals surface area contributed by atoms with Crippen molar-refractivity contribution in [3.63, 3.8) is 0 Å². The highest BCUT2D eigenvalue weighted by molar-refractivity contribution is 7.99. The molecule has 0 aliphatic carbocycles. The van der Waals surface area contributed by atoms with Crippen LogP contribution < -0.4 is 22.1 Å². The summed E-state index contributed by atoms with van der Waals surface area (Å²) in [6, 6.07) is 7.56. The predicted octanol–water partition coefficient (Wildman–Crippen LogP) is -0.260. The minimum atomic E-state index is -0.582. The first-order chi connectivity index (χ1) is 12.8. The third kappa shape index (κ3) is 5.42. The maximum absolute atomic E-state index is 11.9. The van der Waals surface area contributed by atoms with Gasteiger partial charge in [-0.05, 0) is 24.1 Å². The molecule has 0 atom stereocenters. The summed E-state index contributed by atoms with van der Waals surface area (Å²) >= 11 is 0.871. The summed E-state index contributed by atoms with van der Waals surface area (Å²) in [5.41, 5.74) is 5.28. The number of benzene rings is 1. The molecule has 10 heteroatoms. The van der Waals surface area contributed by atoms with E-state index in [1.165, 1.54) is 20.2 Å². The minimum absolute atomic E-state index is 0.0144. The molecule has 2 rings (SSSR count). The molecular weight excluding hydrogens is 370 g/mol. The van der Waals surface area contributed by atoms with Gasteiger partial charge in [-0.15, -0.1) is 0 Å². The van der Waals surface area contributed by atoms with Crippen molar-refractivity contribution < 1.29 is 9.59 Å². The van der Waals surface area contributed by atoms with E-state index in [9.17, 15) is 19.2 Å². The van der Waals surface area contributed by atoms with Gasteiger partial charge in [-0.1, -0.05) is 36.0 Å². The molecule has 1 aromatic carbocycles. The Kier molecular flexibility index (Phi) is 6.72. The molecule has 1 heterocycles. The Morgan fingerprint density at radius 1 is 1.19 bits per heavy atom. The zero-order valence-corrected chi connectivity index (χ0v) is 15.9. The zero-order valence-electron chi connectivity index (χ0n) is 15.1. The number of nitrogens with one attached hydrogen (secondary N) is 2. The molecule has 0 fully saturated rings. The molecule has 2 amide bonds. The molecular formula is C17H19N5O4S. The van der Waals surface area contributed by atoms with E-state index in [2.05, 4.69) is 16.0 Å². The number of hydrazine groups is 1. The fourth-order valence-electron chi connectivity index (χ4n) is 2.04. The van der Waals surface area contributed by atoms with Crippen molar-refractivity contribution in [3.8, 4) is 0 Å². The standard InChI is InChI=1S/C17H19N5O4S/c1-11-6-4-5-7-12(11)8-9-13(23)18-19-14(24)10-27-15-16(25)21(2)17(26)22(3)20-15/h4-9H,10H2,1-3H3,(H,18,23)(H,19,24)/b9-8+. The van der Waals surface area contributed by atoms with Gasteiger partial charge in [-0.3, -0.25) is 29.8 Å². The van der Waals surface area contributed by atoms with E-state index >= 15 is 0 Å². The van der Waals surface area contributed by atoms with E-state index < -0.39 is 23.1 Å². The third-order valence-electron chi connectivity index (χ3n) is 3.56. The van der Waals surface area contributed by atoms with Crippen molar-refractivity contribution in [1.29, 1.82) is 0 Å². The molecule has 0 aliphatic rings. The monoisotopic (exact) mass is 389 g/mol. The Bertz CT molecular complexity index is 1010. The normalized spacial score (nSPS) is 10.8. The fourth-order valence-corrected chi connectivity index (χ4v) is 2.82. The molecule has 0 radical (unpaired) electrons. The first-order valence-corrected chi connectivity index (χ1v) is 8.88. The average molecular weight is 389 g/mol. The number of amides is 2. The molecule has 0 bridgehead atoms. The Hall–Kier alpha value is -3.14. The number of hydrogen-bond acceptors (Lipinski definition) is 6. The number of thioether (sulfide) groups is 1. The largest absolute Gasteiger partial charge is 0.346 e. The van der Waals surface area contributed by atoms with Crippen LogP contribution in [0.25, 0.3) is 6.08 Å². The van der Waals surface area contributed by atoms with Gasteiger partial charge in [0, 0.05) is 20.2 Å². The van der Waals surface area contributed by atoms with E-state index in [1.807, 2.05) is 31.2 Å². The Morgan fingerprint density at radius 3 is 2.59 bits per heavy atom. The molecule has 0 spiro atoms. The van der Waals surface area contributed by atoms with Gasteiger partial charge in [0.1, 0.15) is 0 Å². The number of nitrogens with zero attached hydrogens (tertiary/aromatic N) is 3. The number of carbonyl (C=O) groups is 2. The lowest BCUT2D eigenvalue weighted by Crippen LogP contribution is -2.42. The van der Waals surface area contributed by atoms with Crippen molar-refractivity contribution in [2.45, 2.75) is 11.9 Å². The summed E-state index contributed by atoms with van der Waals surface area (Å²) < 4.78 is 1.92. The van der Waals surface area contributed by atoms with Crippen LogP contribution in [0.4, 0.5) is 0 Å². The molecule has 0 saturated carbocycles. The van der Waals surface area contributed by atoms with Gasteiger partial charge in [0.15, 0.2) is 5.03 Å². The van der Waals surface area contributed by atoms with Gasteiger partial charge in [-0.2, -0.15) is 5.10 Å². The van der Waals surface area contributed by atoms with E-state index in [-0.39, 0.29) is 10.8 Å². The van der Waals surface area contributed by atoms with Crippen LogP contribution >= 0.6 is 11.8 Å². The number of hydrogen-bond donors (Lipinski definition) is 2. The van der Waals surface area contributed by atoms with Crippen LogP contribution in [-0.2, 0) is 23.7 Å². The van der Waals surface area contributed by atoms with Gasteiger partial charge >= 0.3 is 5.69 Å². The summed E-state index contributed by atoms with van der Waals surface area (Å²) in [6.45, 7) is 1.92. The highest BCUT2D eigenvalue weighted by atomic mass is 32.2. The topological polar surface area (TPSA) is 115 Å². The molecule has 2 N–H and O–H groups in total. The van der Waals surface area contributed by atoms with Crippen LogP contribution in [0.2, 0.25) is 0 Å². The first-order valence-electron chi connectivity index (χ1n) is 7.89. The first kappa shape index (κ1) is 20.2. The summed E-state index contributed by atoms with van der Waals surface area (Å²) in [6.07, 6.45) is 2.95. The fraction of sp³-hybridized carbons (Fsp3) is 0.235. The van der Waals surface area contributed by atoms with Crippen molar-refractivity contribution >= 4 is 29.7 Å². The third-order valence-corrected chi connectivity index (χ3v) is 4.50. The number of aromatic nitrogens is 3. The van der Waals surface area contributed by atoms with E-state index in [4.69, 9.17) is 0 Å². The highest BCUT2D eigenvalue weighted by Crippen LogP contribution is 2.09. The quantitative estimate of drug-likeness (QED) is 0.414. The number of rotatable bonds is 5. The van der Waals surface area contributed by atoms with Crippen molar-refractivity contribution in [1.82, 2.24) is 25.2 Å². The van der Waals surface area contributed by atoms with Gasteiger partial charge < -0.3 is 0 Å². The lowest BCUT2D eigenvalue weighted by Gasteiger charge is -2.06. The molecule has 0 saturated heterocycles. The van der Waals surface area contributed by atoms with Crippen LogP contribution in [-0.4, -0.2) is 31.9 Å². The van der Waals surface area contributed by atoms with E-state index in [0.29, 0.717) is 0 Å². The van der Waals surface area contributed by atoms with Crippen LogP contribution in [0.15, 0.2) is 45.0 Å².